The third-order valence-corrected chi connectivity index (χ3v) is 7.84. The van der Waals surface area contributed by atoms with Crippen molar-refractivity contribution in [1.82, 2.24) is 24.9 Å². The Hall–Kier alpha value is -6.36. The molecule has 11 nitrogen and oxygen atoms in total. The third kappa shape index (κ3) is 3.56. The summed E-state index contributed by atoms with van der Waals surface area (Å²) in [4.78, 5) is 36.2. The van der Waals surface area contributed by atoms with Crippen LogP contribution in [0.4, 0.5) is 0 Å². The summed E-state index contributed by atoms with van der Waals surface area (Å²) in [7, 11) is 0. The number of fused-ring (bicyclic) bond motifs is 8. The molecule has 6 heterocycles. The lowest BCUT2D eigenvalue weighted by molar-refractivity contribution is 0.435. The fraction of sp³-hybridized carbons (Fsp3) is 0.0303. The van der Waals surface area contributed by atoms with Crippen molar-refractivity contribution in [2.75, 3.05) is 0 Å². The predicted molar refractivity (Wildman–Crippen MR) is 165 cm³/mol. The fourth-order valence-electron chi connectivity index (χ4n) is 5.72. The first-order valence-electron chi connectivity index (χ1n) is 13.4. The second-order valence-corrected chi connectivity index (χ2v) is 10.5. The molecule has 0 radical (unpaired) electrons. The minimum absolute atomic E-state index is 0.00326. The Kier molecular flexibility index (Phi) is 5.08. The lowest BCUT2D eigenvalue weighted by atomic mass is 10.0. The van der Waals surface area contributed by atoms with Crippen LogP contribution in [0.25, 0.3) is 78.3 Å². The van der Waals surface area contributed by atoms with E-state index in [1.54, 1.807) is 55.5 Å². The average Bonchev–Trinajstić information content (AvgIpc) is 3.00. The van der Waals surface area contributed by atoms with Crippen LogP contribution in [0.3, 0.4) is 0 Å². The van der Waals surface area contributed by atoms with Crippen LogP contribution in [-0.4, -0.2) is 45.3 Å². The Labute approximate surface area is 245 Å². The number of aromatic nitrogens is 5. The maximum Gasteiger partial charge on any atom is 0.256 e. The molecule has 0 aliphatic heterocycles. The molecule has 0 unspecified atom stereocenters. The first-order chi connectivity index (χ1) is 21.2. The number of aromatic hydroxyl groups is 4. The second kappa shape index (κ2) is 8.82. The van der Waals surface area contributed by atoms with Crippen molar-refractivity contribution in [2.24, 2.45) is 0 Å². The minimum Gasteiger partial charge on any atom is -0.506 e. The van der Waals surface area contributed by atoms with Crippen molar-refractivity contribution < 1.29 is 24.8 Å². The molecule has 4 N–H and O–H groups in total. The molecular formula is C33H19N5O6. The SMILES string of the molecule is C=c1/c(=C\c2nc(O)c3oc4c(O)nc5cc6ccc7cc(O)cnc7c6nc5c4c(=O)c3c2C)ccc2cc(O)cnc12. The molecule has 8 rings (SSSR count). The van der Waals surface area contributed by atoms with E-state index >= 15 is 0 Å². The van der Waals surface area contributed by atoms with Gasteiger partial charge >= 0.3 is 0 Å². The highest BCUT2D eigenvalue weighted by Crippen LogP contribution is 2.36. The molecule has 212 valence electrons. The minimum atomic E-state index is -0.550. The van der Waals surface area contributed by atoms with Gasteiger partial charge in [-0.3, -0.25) is 14.8 Å². The molecule has 0 aliphatic carbocycles. The molecule has 0 amide bonds. The molecule has 0 aliphatic rings. The van der Waals surface area contributed by atoms with E-state index in [4.69, 9.17) is 9.40 Å². The van der Waals surface area contributed by atoms with Gasteiger partial charge in [0.2, 0.25) is 16.6 Å². The van der Waals surface area contributed by atoms with Crippen molar-refractivity contribution >= 4 is 78.3 Å². The Morgan fingerprint density at radius 1 is 0.727 bits per heavy atom. The van der Waals surface area contributed by atoms with Gasteiger partial charge in [0, 0.05) is 21.4 Å². The summed E-state index contributed by atoms with van der Waals surface area (Å²) in [5, 5.41) is 44.7. The van der Waals surface area contributed by atoms with Gasteiger partial charge in [0.1, 0.15) is 17.0 Å². The lowest BCUT2D eigenvalue weighted by Crippen LogP contribution is -2.24. The highest BCUT2D eigenvalue weighted by Gasteiger charge is 2.23. The van der Waals surface area contributed by atoms with Gasteiger partial charge in [-0.25, -0.2) is 15.0 Å². The molecule has 0 saturated carbocycles. The first kappa shape index (κ1) is 25.4. The number of benzene rings is 2. The highest BCUT2D eigenvalue weighted by atomic mass is 16.4. The van der Waals surface area contributed by atoms with E-state index in [0.717, 1.165) is 0 Å². The summed E-state index contributed by atoms with van der Waals surface area (Å²) in [5.74, 6) is -1.06. The summed E-state index contributed by atoms with van der Waals surface area (Å²) in [6.07, 6.45) is 4.32. The second-order valence-electron chi connectivity index (χ2n) is 10.5. The number of aryl methyl sites for hydroxylation is 1. The number of nitrogens with zero attached hydrogens (tertiary/aromatic N) is 5. The molecule has 44 heavy (non-hydrogen) atoms. The zero-order valence-corrected chi connectivity index (χ0v) is 22.8. The number of hydrogen-bond acceptors (Lipinski definition) is 11. The van der Waals surface area contributed by atoms with Crippen LogP contribution in [0.2, 0.25) is 0 Å². The van der Waals surface area contributed by atoms with Gasteiger partial charge in [-0.2, -0.15) is 0 Å². The Morgan fingerprint density at radius 2 is 1.34 bits per heavy atom. The molecule has 2 aromatic carbocycles. The van der Waals surface area contributed by atoms with Crippen LogP contribution in [0, 0.1) is 6.92 Å². The van der Waals surface area contributed by atoms with Crippen LogP contribution >= 0.6 is 0 Å². The van der Waals surface area contributed by atoms with E-state index in [1.807, 2.05) is 0 Å². The first-order valence-corrected chi connectivity index (χ1v) is 13.4. The van der Waals surface area contributed by atoms with Gasteiger partial charge in [0.15, 0.2) is 0 Å². The summed E-state index contributed by atoms with van der Waals surface area (Å²) >= 11 is 0. The topological polar surface area (TPSA) is 176 Å². The quantitative estimate of drug-likeness (QED) is 0.163. The van der Waals surface area contributed by atoms with Gasteiger partial charge in [0.25, 0.3) is 11.8 Å². The van der Waals surface area contributed by atoms with E-state index < -0.39 is 17.2 Å². The largest absolute Gasteiger partial charge is 0.506 e. The number of rotatable bonds is 1. The zero-order chi connectivity index (χ0) is 30.4. The van der Waals surface area contributed by atoms with Crippen LogP contribution < -0.4 is 15.9 Å². The van der Waals surface area contributed by atoms with Gasteiger partial charge < -0.3 is 24.8 Å². The molecule has 0 bridgehead atoms. The van der Waals surface area contributed by atoms with Crippen molar-refractivity contribution in [3.05, 3.63) is 86.8 Å². The summed E-state index contributed by atoms with van der Waals surface area (Å²) in [6, 6.07) is 12.0. The Bertz CT molecular complexity index is 2780. The Morgan fingerprint density at radius 3 is 2.09 bits per heavy atom. The van der Waals surface area contributed by atoms with Crippen LogP contribution in [0.5, 0.6) is 23.3 Å². The number of hydrogen-bond donors (Lipinski definition) is 4. The lowest BCUT2D eigenvalue weighted by Gasteiger charge is -2.11. The number of pyridine rings is 5. The average molecular weight is 582 g/mol. The molecule has 8 aromatic rings. The van der Waals surface area contributed by atoms with E-state index in [0.29, 0.717) is 54.4 Å². The maximum atomic E-state index is 14.3. The smallest absolute Gasteiger partial charge is 0.256 e. The van der Waals surface area contributed by atoms with E-state index in [1.165, 1.54) is 12.4 Å². The molecule has 11 heteroatoms. The summed E-state index contributed by atoms with van der Waals surface area (Å²) in [5.41, 5.74) is 1.69. The monoisotopic (exact) mass is 581 g/mol. The standard InChI is InChI=1S/C33H19N5O6/c1-13-15(3-4-16-7-19(39)11-34-25(13)16)9-21-14(2)23-29(41)24-28-22(37-33(43)31(24)44-30(23)32(42)36-21)10-18-6-5-17-8-20(40)12-35-26(17)27(18)38-28/h3-12,39-40H,1H2,2H3,(H,36,42)(H,37,43)/b15-9-. The van der Waals surface area contributed by atoms with Crippen LogP contribution in [-0.2, 0) is 0 Å². The van der Waals surface area contributed by atoms with Crippen LogP contribution in [0.1, 0.15) is 11.3 Å². The zero-order valence-electron chi connectivity index (χ0n) is 22.8. The summed E-state index contributed by atoms with van der Waals surface area (Å²) < 4.78 is 5.92. The van der Waals surface area contributed by atoms with Gasteiger partial charge in [-0.1, -0.05) is 30.8 Å². The fourth-order valence-corrected chi connectivity index (χ4v) is 5.72. The van der Waals surface area contributed by atoms with E-state index in [9.17, 15) is 25.2 Å². The molecule has 0 atom stereocenters. The molecule has 0 fully saturated rings. The molecule has 0 spiro atoms. The summed E-state index contributed by atoms with van der Waals surface area (Å²) in [6.45, 7) is 5.81. The highest BCUT2D eigenvalue weighted by molar-refractivity contribution is 6.13. The van der Waals surface area contributed by atoms with Gasteiger partial charge in [-0.15, -0.1) is 0 Å². The normalized spacial score (nSPS) is 12.4. The maximum absolute atomic E-state index is 14.3. The predicted octanol–water partition coefficient (Wildman–Crippen LogP) is 3.90. The van der Waals surface area contributed by atoms with Crippen molar-refractivity contribution in [3.8, 4) is 23.3 Å². The Balaban J connectivity index is 1.46. The van der Waals surface area contributed by atoms with Crippen molar-refractivity contribution in [1.29, 1.82) is 0 Å². The van der Waals surface area contributed by atoms with Crippen molar-refractivity contribution in [2.45, 2.75) is 6.92 Å². The van der Waals surface area contributed by atoms with Gasteiger partial charge in [0.05, 0.1) is 50.9 Å². The third-order valence-electron chi connectivity index (χ3n) is 7.84. The molecule has 6 aromatic heterocycles. The van der Waals surface area contributed by atoms with Crippen molar-refractivity contribution in [3.63, 3.8) is 0 Å². The van der Waals surface area contributed by atoms with E-state index in [2.05, 4.69) is 26.5 Å². The van der Waals surface area contributed by atoms with Gasteiger partial charge in [-0.05, 0) is 42.0 Å². The molecule has 0 saturated heterocycles. The molecular weight excluding hydrogens is 562 g/mol. The van der Waals surface area contributed by atoms with Crippen LogP contribution in [0.15, 0.2) is 64.1 Å². The van der Waals surface area contributed by atoms with E-state index in [-0.39, 0.29) is 44.5 Å².